The maximum absolute atomic E-state index is 5.75. The van der Waals surface area contributed by atoms with Gasteiger partial charge in [-0.3, -0.25) is 9.67 Å². The lowest BCUT2D eigenvalue weighted by atomic mass is 10.1. The number of hydrogen-bond donors (Lipinski definition) is 1. The molecule has 0 bridgehead atoms. The number of nitrogens with one attached hydrogen (secondary N) is 1. The Morgan fingerprint density at radius 1 is 1.30 bits per heavy atom. The van der Waals surface area contributed by atoms with Crippen LogP contribution in [-0.2, 0) is 13.6 Å². The van der Waals surface area contributed by atoms with E-state index in [-0.39, 0.29) is 5.54 Å². The molecule has 0 aliphatic heterocycles. The average Bonchev–Trinajstić information content (AvgIpc) is 2.72. The van der Waals surface area contributed by atoms with Gasteiger partial charge in [0.2, 0.25) is 0 Å². The smallest absolute Gasteiger partial charge is 0.340 e. The van der Waals surface area contributed by atoms with Gasteiger partial charge in [-0.15, -0.1) is 5.10 Å². The monoisotopic (exact) mass is 275 g/mol. The number of hydrogen-bond acceptors (Lipinski definition) is 5. The minimum Gasteiger partial charge on any atom is -0.423 e. The van der Waals surface area contributed by atoms with Crippen molar-refractivity contribution in [2.75, 3.05) is 0 Å². The van der Waals surface area contributed by atoms with Crippen LogP contribution in [0.1, 0.15) is 32.0 Å². The molecule has 2 rings (SSSR count). The Balaban J connectivity index is 2.19. The van der Waals surface area contributed by atoms with E-state index in [1.165, 1.54) is 0 Å². The summed E-state index contributed by atoms with van der Waals surface area (Å²) in [5.74, 6) is 0.737. The van der Waals surface area contributed by atoms with Crippen LogP contribution < -0.4 is 10.1 Å². The number of ether oxygens (including phenoxy) is 1. The molecular weight excluding hydrogens is 254 g/mol. The van der Waals surface area contributed by atoms with Gasteiger partial charge >= 0.3 is 6.01 Å². The molecule has 0 aliphatic rings. The molecule has 0 amide bonds. The Kier molecular flexibility index (Phi) is 4.04. The summed E-state index contributed by atoms with van der Waals surface area (Å²) in [5, 5.41) is 7.55. The maximum atomic E-state index is 5.75. The van der Waals surface area contributed by atoms with Crippen molar-refractivity contribution in [3.8, 4) is 11.8 Å². The van der Waals surface area contributed by atoms with Gasteiger partial charge in [0.05, 0.1) is 0 Å². The van der Waals surface area contributed by atoms with Gasteiger partial charge in [0.15, 0.2) is 0 Å². The molecule has 108 valence electrons. The zero-order valence-corrected chi connectivity index (χ0v) is 12.6. The van der Waals surface area contributed by atoms with Crippen molar-refractivity contribution in [1.29, 1.82) is 0 Å². The molecule has 2 aromatic rings. The zero-order valence-electron chi connectivity index (χ0n) is 12.6. The second kappa shape index (κ2) is 5.58. The first-order chi connectivity index (χ1) is 9.33. The van der Waals surface area contributed by atoms with Crippen LogP contribution in [-0.4, -0.2) is 25.3 Å². The van der Waals surface area contributed by atoms with Crippen LogP contribution in [0.4, 0.5) is 0 Å². The highest BCUT2D eigenvalue weighted by Crippen LogP contribution is 2.23. The van der Waals surface area contributed by atoms with Crippen LogP contribution in [0.25, 0.3) is 0 Å². The first-order valence-electron chi connectivity index (χ1n) is 6.57. The highest BCUT2D eigenvalue weighted by molar-refractivity contribution is 5.34. The van der Waals surface area contributed by atoms with E-state index >= 15 is 0 Å². The summed E-state index contributed by atoms with van der Waals surface area (Å²) in [4.78, 5) is 8.40. The van der Waals surface area contributed by atoms with Crippen LogP contribution in [0.3, 0.4) is 0 Å². The predicted octanol–water partition coefficient (Wildman–Crippen LogP) is 2.20. The Morgan fingerprint density at radius 3 is 2.65 bits per heavy atom. The van der Waals surface area contributed by atoms with Gasteiger partial charge in [-0.1, -0.05) is 0 Å². The van der Waals surface area contributed by atoms with Crippen molar-refractivity contribution >= 4 is 0 Å². The second-order valence-electron chi connectivity index (χ2n) is 5.84. The van der Waals surface area contributed by atoms with Crippen molar-refractivity contribution in [2.24, 2.45) is 7.05 Å². The Bertz CT molecular complexity index is 585. The van der Waals surface area contributed by atoms with Gasteiger partial charge in [0.1, 0.15) is 12.1 Å². The molecule has 2 aromatic heterocycles. The van der Waals surface area contributed by atoms with Gasteiger partial charge in [0, 0.05) is 42.7 Å². The summed E-state index contributed by atoms with van der Waals surface area (Å²) in [6.45, 7) is 8.97. The third-order valence-electron chi connectivity index (χ3n) is 2.67. The summed E-state index contributed by atoms with van der Waals surface area (Å²) < 4.78 is 7.36. The molecule has 6 nitrogen and oxygen atoms in total. The second-order valence-corrected chi connectivity index (χ2v) is 5.84. The summed E-state index contributed by atoms with van der Waals surface area (Å²) in [7, 11) is 1.81. The van der Waals surface area contributed by atoms with Crippen LogP contribution >= 0.6 is 0 Å². The standard InChI is InChI=1S/C14H21N5O/c1-10-6-12(20-13-16-9-19(5)18-13)11(7-15-10)8-17-14(2,3)4/h6-7,9,17H,8H2,1-5H3. The first-order valence-corrected chi connectivity index (χ1v) is 6.57. The largest absolute Gasteiger partial charge is 0.423 e. The molecule has 0 atom stereocenters. The zero-order chi connectivity index (χ0) is 14.8. The Morgan fingerprint density at radius 2 is 2.05 bits per heavy atom. The van der Waals surface area contributed by atoms with Gasteiger partial charge in [-0.05, 0) is 27.7 Å². The molecule has 6 heteroatoms. The number of rotatable bonds is 4. The third kappa shape index (κ3) is 4.03. The average molecular weight is 275 g/mol. The molecule has 0 saturated carbocycles. The molecule has 0 spiro atoms. The van der Waals surface area contributed by atoms with E-state index in [0.29, 0.717) is 12.6 Å². The van der Waals surface area contributed by atoms with Gasteiger partial charge in [-0.2, -0.15) is 4.98 Å². The number of nitrogens with zero attached hydrogens (tertiary/aromatic N) is 4. The van der Waals surface area contributed by atoms with E-state index in [0.717, 1.165) is 17.0 Å². The van der Waals surface area contributed by atoms with E-state index in [2.05, 4.69) is 41.2 Å². The van der Waals surface area contributed by atoms with Crippen molar-refractivity contribution in [1.82, 2.24) is 25.1 Å². The van der Waals surface area contributed by atoms with Crippen molar-refractivity contribution < 1.29 is 4.74 Å². The van der Waals surface area contributed by atoms with E-state index in [4.69, 9.17) is 4.74 Å². The van der Waals surface area contributed by atoms with Crippen LogP contribution in [0.15, 0.2) is 18.6 Å². The van der Waals surface area contributed by atoms with Crippen LogP contribution in [0.2, 0.25) is 0 Å². The fraction of sp³-hybridized carbons (Fsp3) is 0.500. The van der Waals surface area contributed by atoms with E-state index in [9.17, 15) is 0 Å². The molecule has 0 aliphatic carbocycles. The molecule has 20 heavy (non-hydrogen) atoms. The quantitative estimate of drug-likeness (QED) is 0.926. The predicted molar refractivity (Wildman–Crippen MR) is 76.6 cm³/mol. The molecule has 0 radical (unpaired) electrons. The fourth-order valence-electron chi connectivity index (χ4n) is 1.62. The minimum absolute atomic E-state index is 0.0331. The van der Waals surface area contributed by atoms with E-state index in [1.54, 1.807) is 18.1 Å². The number of aryl methyl sites for hydroxylation is 2. The normalized spacial score (nSPS) is 11.7. The lowest BCUT2D eigenvalue weighted by Crippen LogP contribution is -2.35. The summed E-state index contributed by atoms with van der Waals surface area (Å²) in [5.41, 5.74) is 1.92. The Hall–Kier alpha value is -1.95. The summed E-state index contributed by atoms with van der Waals surface area (Å²) >= 11 is 0. The highest BCUT2D eigenvalue weighted by atomic mass is 16.5. The minimum atomic E-state index is 0.0331. The molecule has 0 unspecified atom stereocenters. The molecule has 0 fully saturated rings. The van der Waals surface area contributed by atoms with Crippen molar-refractivity contribution in [3.63, 3.8) is 0 Å². The lowest BCUT2D eigenvalue weighted by Gasteiger charge is -2.21. The van der Waals surface area contributed by atoms with Crippen LogP contribution in [0, 0.1) is 6.92 Å². The molecule has 2 heterocycles. The Labute approximate surface area is 119 Å². The first kappa shape index (κ1) is 14.5. The SMILES string of the molecule is Cc1cc(Oc2ncn(C)n2)c(CNC(C)(C)C)cn1. The van der Waals surface area contributed by atoms with Gasteiger partial charge in [-0.25, -0.2) is 0 Å². The number of aromatic nitrogens is 4. The summed E-state index contributed by atoms with van der Waals surface area (Å²) in [6.07, 6.45) is 3.43. The topological polar surface area (TPSA) is 64.9 Å². The van der Waals surface area contributed by atoms with Crippen molar-refractivity contribution in [3.05, 3.63) is 29.8 Å². The van der Waals surface area contributed by atoms with Crippen molar-refractivity contribution in [2.45, 2.75) is 39.8 Å². The van der Waals surface area contributed by atoms with E-state index in [1.807, 2.05) is 19.2 Å². The summed E-state index contributed by atoms with van der Waals surface area (Å²) in [6, 6.07) is 2.24. The molecular formula is C14H21N5O. The van der Waals surface area contributed by atoms with Crippen LogP contribution in [0.5, 0.6) is 11.8 Å². The molecule has 1 N–H and O–H groups in total. The van der Waals surface area contributed by atoms with Gasteiger partial charge in [0.25, 0.3) is 0 Å². The maximum Gasteiger partial charge on any atom is 0.340 e. The third-order valence-corrected chi connectivity index (χ3v) is 2.67. The fourth-order valence-corrected chi connectivity index (χ4v) is 1.62. The van der Waals surface area contributed by atoms with E-state index < -0.39 is 0 Å². The molecule has 0 saturated heterocycles. The van der Waals surface area contributed by atoms with Gasteiger partial charge < -0.3 is 10.1 Å². The number of pyridine rings is 1. The highest BCUT2D eigenvalue weighted by Gasteiger charge is 2.13. The lowest BCUT2D eigenvalue weighted by molar-refractivity contribution is 0.404. The molecule has 0 aromatic carbocycles.